The van der Waals surface area contributed by atoms with Crippen LogP contribution in [0.4, 0.5) is 5.69 Å². The van der Waals surface area contributed by atoms with Gasteiger partial charge in [0.2, 0.25) is 21.8 Å². The number of benzene rings is 2. The molecule has 174 valence electrons. The number of hydrogen-bond donors (Lipinski definition) is 1. The van der Waals surface area contributed by atoms with E-state index in [1.165, 1.54) is 11.0 Å². The lowest BCUT2D eigenvalue weighted by Crippen LogP contribution is -2.52. The zero-order chi connectivity index (χ0) is 23.9. The molecular formula is C22H27Cl2N3O4S. The molecule has 0 spiro atoms. The fourth-order valence-electron chi connectivity index (χ4n) is 3.27. The van der Waals surface area contributed by atoms with E-state index < -0.39 is 28.5 Å². The molecule has 0 saturated carbocycles. The third kappa shape index (κ3) is 6.60. The minimum atomic E-state index is -3.84. The first-order valence-electron chi connectivity index (χ1n) is 10.1. The molecule has 0 bridgehead atoms. The molecule has 1 N–H and O–H groups in total. The molecular weight excluding hydrogens is 473 g/mol. The number of anilines is 1. The summed E-state index contributed by atoms with van der Waals surface area (Å²) in [5, 5.41) is 3.38. The molecule has 0 radical (unpaired) electrons. The van der Waals surface area contributed by atoms with Gasteiger partial charge in [0.15, 0.2) is 0 Å². The summed E-state index contributed by atoms with van der Waals surface area (Å²) in [7, 11) is -3.84. The van der Waals surface area contributed by atoms with Crippen molar-refractivity contribution in [3.8, 4) is 0 Å². The normalized spacial score (nSPS) is 12.2. The van der Waals surface area contributed by atoms with Gasteiger partial charge in [-0.15, -0.1) is 0 Å². The van der Waals surface area contributed by atoms with Gasteiger partial charge >= 0.3 is 0 Å². The number of likely N-dealkylation sites (N-methyl/N-ethyl adjacent to an activating group) is 1. The van der Waals surface area contributed by atoms with Crippen LogP contribution in [0.3, 0.4) is 0 Å². The molecule has 10 heteroatoms. The van der Waals surface area contributed by atoms with E-state index in [0.717, 1.165) is 10.6 Å². The van der Waals surface area contributed by atoms with E-state index in [-0.39, 0.29) is 23.2 Å². The Morgan fingerprint density at radius 2 is 1.59 bits per heavy atom. The van der Waals surface area contributed by atoms with E-state index in [2.05, 4.69) is 5.32 Å². The lowest BCUT2D eigenvalue weighted by Gasteiger charge is -2.33. The molecule has 32 heavy (non-hydrogen) atoms. The highest BCUT2D eigenvalue weighted by molar-refractivity contribution is 7.92. The topological polar surface area (TPSA) is 86.8 Å². The van der Waals surface area contributed by atoms with Crippen molar-refractivity contribution >= 4 is 50.7 Å². The van der Waals surface area contributed by atoms with Crippen LogP contribution in [0, 0.1) is 0 Å². The molecule has 2 aromatic carbocycles. The number of carbonyl (C=O) groups excluding carboxylic acids is 2. The summed E-state index contributed by atoms with van der Waals surface area (Å²) in [5.41, 5.74) is 0.836. The summed E-state index contributed by atoms with van der Waals surface area (Å²) in [6.07, 6.45) is 1.34. The number of hydrogen-bond acceptors (Lipinski definition) is 4. The van der Waals surface area contributed by atoms with Crippen LogP contribution in [0.25, 0.3) is 0 Å². The number of halogens is 2. The molecule has 0 fully saturated rings. The quantitative estimate of drug-likeness (QED) is 0.539. The van der Waals surface area contributed by atoms with Gasteiger partial charge in [-0.05, 0) is 37.1 Å². The summed E-state index contributed by atoms with van der Waals surface area (Å²) >= 11 is 12.5. The number of nitrogens with zero attached hydrogens (tertiary/aromatic N) is 2. The van der Waals surface area contributed by atoms with Crippen molar-refractivity contribution in [1.82, 2.24) is 10.2 Å². The van der Waals surface area contributed by atoms with Crippen molar-refractivity contribution < 1.29 is 18.0 Å². The lowest BCUT2D eigenvalue weighted by molar-refractivity contribution is -0.140. The lowest BCUT2D eigenvalue weighted by atomic mass is 10.1. The number of para-hydroxylation sites is 1. The zero-order valence-electron chi connectivity index (χ0n) is 18.2. The number of amides is 2. The van der Waals surface area contributed by atoms with E-state index in [0.29, 0.717) is 23.6 Å². The van der Waals surface area contributed by atoms with Crippen LogP contribution in [0.5, 0.6) is 0 Å². The van der Waals surface area contributed by atoms with Crippen molar-refractivity contribution in [3.05, 3.63) is 64.1 Å². The predicted octanol–water partition coefficient (Wildman–Crippen LogP) is 3.70. The van der Waals surface area contributed by atoms with Crippen molar-refractivity contribution in [1.29, 1.82) is 0 Å². The zero-order valence-corrected chi connectivity index (χ0v) is 20.5. The number of sulfonamides is 1. The second-order valence-corrected chi connectivity index (χ2v) is 9.87. The number of rotatable bonds is 10. The molecule has 1 atom stereocenters. The Kier molecular flexibility index (Phi) is 9.36. The Bertz CT molecular complexity index is 1060. The summed E-state index contributed by atoms with van der Waals surface area (Å²) in [4.78, 5) is 27.5. The van der Waals surface area contributed by atoms with E-state index in [9.17, 15) is 18.0 Å². The van der Waals surface area contributed by atoms with Gasteiger partial charge in [0.25, 0.3) is 0 Å². The first-order chi connectivity index (χ1) is 15.1. The van der Waals surface area contributed by atoms with Crippen LogP contribution < -0.4 is 9.62 Å². The highest BCUT2D eigenvalue weighted by Crippen LogP contribution is 2.28. The van der Waals surface area contributed by atoms with E-state index in [4.69, 9.17) is 23.2 Å². The highest BCUT2D eigenvalue weighted by Gasteiger charge is 2.32. The fourth-order valence-corrected chi connectivity index (χ4v) is 4.62. The van der Waals surface area contributed by atoms with Crippen molar-refractivity contribution in [2.75, 3.05) is 23.7 Å². The molecule has 0 aliphatic heterocycles. The molecule has 2 rings (SSSR count). The molecule has 7 nitrogen and oxygen atoms in total. The van der Waals surface area contributed by atoms with Gasteiger partial charge in [0, 0.05) is 18.1 Å². The van der Waals surface area contributed by atoms with Crippen LogP contribution in [0.1, 0.15) is 25.8 Å². The Balaban J connectivity index is 2.46. The second-order valence-electron chi connectivity index (χ2n) is 7.15. The van der Waals surface area contributed by atoms with Crippen LogP contribution in [0.2, 0.25) is 10.0 Å². The number of carbonyl (C=O) groups is 2. The molecule has 0 aliphatic carbocycles. The summed E-state index contributed by atoms with van der Waals surface area (Å²) < 4.78 is 26.0. The van der Waals surface area contributed by atoms with Gasteiger partial charge in [-0.1, -0.05) is 60.5 Å². The SMILES string of the molecule is CCNC(=O)C(CC)N(Cc1ccccc1Cl)C(=O)CN(c1ccccc1Cl)S(C)(=O)=O. The Morgan fingerprint density at radius 1 is 1.00 bits per heavy atom. The molecule has 1 unspecified atom stereocenters. The molecule has 2 aromatic rings. The van der Waals surface area contributed by atoms with Crippen molar-refractivity contribution in [2.45, 2.75) is 32.9 Å². The molecule has 0 heterocycles. The summed E-state index contributed by atoms with van der Waals surface area (Å²) in [6.45, 7) is 3.51. The van der Waals surface area contributed by atoms with Gasteiger partial charge in [-0.2, -0.15) is 0 Å². The fraction of sp³-hybridized carbons (Fsp3) is 0.364. The second kappa shape index (κ2) is 11.5. The minimum Gasteiger partial charge on any atom is -0.355 e. The maximum absolute atomic E-state index is 13.5. The average Bonchev–Trinajstić information content (AvgIpc) is 2.73. The molecule has 0 saturated heterocycles. The Hall–Kier alpha value is -2.29. The first-order valence-corrected chi connectivity index (χ1v) is 12.7. The highest BCUT2D eigenvalue weighted by atomic mass is 35.5. The summed E-state index contributed by atoms with van der Waals surface area (Å²) in [5.74, 6) is -0.868. The third-order valence-corrected chi connectivity index (χ3v) is 6.65. The van der Waals surface area contributed by atoms with Gasteiger partial charge in [-0.3, -0.25) is 13.9 Å². The van der Waals surface area contributed by atoms with E-state index >= 15 is 0 Å². The van der Waals surface area contributed by atoms with Gasteiger partial charge in [-0.25, -0.2) is 8.42 Å². The molecule has 0 aliphatic rings. The van der Waals surface area contributed by atoms with Crippen LogP contribution in [-0.2, 0) is 26.2 Å². The molecule has 0 aromatic heterocycles. The summed E-state index contributed by atoms with van der Waals surface area (Å²) in [6, 6.07) is 12.6. The van der Waals surface area contributed by atoms with Gasteiger partial charge in [0.05, 0.1) is 17.0 Å². The van der Waals surface area contributed by atoms with Crippen LogP contribution in [-0.4, -0.2) is 50.5 Å². The number of nitrogens with one attached hydrogen (secondary N) is 1. The maximum Gasteiger partial charge on any atom is 0.244 e. The Morgan fingerprint density at radius 3 is 2.12 bits per heavy atom. The van der Waals surface area contributed by atoms with Gasteiger partial charge in [0.1, 0.15) is 12.6 Å². The largest absolute Gasteiger partial charge is 0.355 e. The monoisotopic (exact) mass is 499 g/mol. The van der Waals surface area contributed by atoms with E-state index in [1.54, 1.807) is 56.3 Å². The third-order valence-electron chi connectivity index (χ3n) is 4.84. The smallest absolute Gasteiger partial charge is 0.244 e. The van der Waals surface area contributed by atoms with Gasteiger partial charge < -0.3 is 10.2 Å². The Labute approximate surface area is 199 Å². The average molecular weight is 500 g/mol. The van der Waals surface area contributed by atoms with Crippen LogP contribution in [0.15, 0.2) is 48.5 Å². The minimum absolute atomic E-state index is 0.0499. The van der Waals surface area contributed by atoms with Crippen molar-refractivity contribution in [2.24, 2.45) is 0 Å². The standard InChI is InChI=1S/C22H27Cl2N3O4S/c1-4-19(22(29)25-5-2)26(14-16-10-6-7-11-17(16)23)21(28)15-27(32(3,30)31)20-13-9-8-12-18(20)24/h6-13,19H,4-5,14-15H2,1-3H3,(H,25,29). The van der Waals surface area contributed by atoms with E-state index in [1.807, 2.05) is 0 Å². The van der Waals surface area contributed by atoms with Crippen molar-refractivity contribution in [3.63, 3.8) is 0 Å². The molecule has 2 amide bonds. The predicted molar refractivity (Wildman–Crippen MR) is 128 cm³/mol. The van der Waals surface area contributed by atoms with Crippen LogP contribution >= 0.6 is 23.2 Å². The first kappa shape index (κ1) is 26.0. The maximum atomic E-state index is 13.5.